The number of rotatable bonds is 3. The topological polar surface area (TPSA) is 60.9 Å². The zero-order valence-electron chi connectivity index (χ0n) is 15.1. The van der Waals surface area contributed by atoms with Crippen molar-refractivity contribution in [3.8, 4) is 0 Å². The second-order valence-electron chi connectivity index (χ2n) is 7.71. The van der Waals surface area contributed by atoms with Crippen molar-refractivity contribution in [1.82, 2.24) is 9.80 Å². The van der Waals surface area contributed by atoms with Gasteiger partial charge in [-0.05, 0) is 38.7 Å². The highest BCUT2D eigenvalue weighted by Gasteiger charge is 2.38. The van der Waals surface area contributed by atoms with Crippen molar-refractivity contribution in [2.75, 3.05) is 26.2 Å². The fourth-order valence-corrected chi connectivity index (χ4v) is 3.97. The molecule has 2 fully saturated rings. The third kappa shape index (κ3) is 3.56. The lowest BCUT2D eigenvalue weighted by atomic mass is 9.83. The van der Waals surface area contributed by atoms with Crippen molar-refractivity contribution in [2.45, 2.75) is 44.6 Å². The Morgan fingerprint density at radius 3 is 2.16 bits per heavy atom. The molecule has 1 aliphatic carbocycles. The molecule has 136 valence electrons. The molecule has 0 radical (unpaired) electrons. The molecule has 1 saturated carbocycles. The molecule has 3 rings (SSSR count). The molecular formula is C20H28N2O3. The Morgan fingerprint density at radius 2 is 1.60 bits per heavy atom. The molecule has 1 aliphatic heterocycles. The Kier molecular flexibility index (Phi) is 5.13. The quantitative estimate of drug-likeness (QED) is 0.909. The molecule has 0 spiro atoms. The predicted molar refractivity (Wildman–Crippen MR) is 96.0 cm³/mol. The maximum absolute atomic E-state index is 13.0. The second kappa shape index (κ2) is 7.16. The van der Waals surface area contributed by atoms with E-state index in [0.717, 1.165) is 24.8 Å². The van der Waals surface area contributed by atoms with Gasteiger partial charge in [-0.1, -0.05) is 30.3 Å². The molecule has 2 unspecified atom stereocenters. The predicted octanol–water partition coefficient (Wildman–Crippen LogP) is 1.80. The number of carbonyl (C=O) groups is 2. The molecule has 1 heterocycles. The molecule has 2 atom stereocenters. The van der Waals surface area contributed by atoms with E-state index in [-0.39, 0.29) is 17.7 Å². The van der Waals surface area contributed by atoms with Gasteiger partial charge < -0.3 is 14.9 Å². The van der Waals surface area contributed by atoms with Crippen LogP contribution in [0.3, 0.4) is 0 Å². The molecular weight excluding hydrogens is 316 g/mol. The first-order chi connectivity index (χ1) is 11.9. The molecule has 2 amide bonds. The monoisotopic (exact) mass is 344 g/mol. The summed E-state index contributed by atoms with van der Waals surface area (Å²) in [6, 6.07) is 9.83. The molecule has 5 nitrogen and oxygen atoms in total. The summed E-state index contributed by atoms with van der Waals surface area (Å²) in [5.41, 5.74) is 0.433. The average Bonchev–Trinajstić information content (AvgIpc) is 3.07. The van der Waals surface area contributed by atoms with Crippen LogP contribution in [0.4, 0.5) is 0 Å². The summed E-state index contributed by atoms with van der Waals surface area (Å²) in [6.45, 7) is 6.14. The highest BCUT2D eigenvalue weighted by atomic mass is 16.3. The van der Waals surface area contributed by atoms with Crippen LogP contribution in [0.1, 0.15) is 38.7 Å². The van der Waals surface area contributed by atoms with Gasteiger partial charge in [-0.25, -0.2) is 0 Å². The Labute approximate surface area is 149 Å². The fraction of sp³-hybridized carbons (Fsp3) is 0.600. The summed E-state index contributed by atoms with van der Waals surface area (Å²) in [5.74, 6) is -0.0888. The van der Waals surface area contributed by atoms with Crippen molar-refractivity contribution >= 4 is 11.8 Å². The van der Waals surface area contributed by atoms with Gasteiger partial charge in [0.05, 0.1) is 17.4 Å². The molecule has 25 heavy (non-hydrogen) atoms. The van der Waals surface area contributed by atoms with Gasteiger partial charge in [0, 0.05) is 26.2 Å². The van der Waals surface area contributed by atoms with E-state index in [0.29, 0.717) is 26.2 Å². The third-order valence-electron chi connectivity index (χ3n) is 5.71. The molecule has 5 heteroatoms. The highest BCUT2D eigenvalue weighted by molar-refractivity contribution is 5.88. The fourth-order valence-electron chi connectivity index (χ4n) is 3.97. The van der Waals surface area contributed by atoms with E-state index in [4.69, 9.17) is 0 Å². The Bertz CT molecular complexity index is 621. The maximum atomic E-state index is 13.0. The minimum absolute atomic E-state index is 0.0550. The van der Waals surface area contributed by atoms with Crippen LogP contribution < -0.4 is 0 Å². The van der Waals surface area contributed by atoms with Crippen molar-refractivity contribution in [1.29, 1.82) is 0 Å². The number of aliphatic hydroxyl groups excluding tert-OH is 1. The molecule has 1 aromatic rings. The molecule has 1 saturated heterocycles. The number of hydrogen-bond acceptors (Lipinski definition) is 3. The van der Waals surface area contributed by atoms with Gasteiger partial charge in [-0.3, -0.25) is 9.59 Å². The minimum atomic E-state index is -0.574. The number of nitrogens with zero attached hydrogens (tertiary/aromatic N) is 2. The number of piperazine rings is 1. The van der Waals surface area contributed by atoms with Gasteiger partial charge in [0.1, 0.15) is 0 Å². The number of hydrogen-bond donors (Lipinski definition) is 1. The Balaban J connectivity index is 1.60. The number of amides is 2. The summed E-state index contributed by atoms with van der Waals surface area (Å²) in [7, 11) is 0. The van der Waals surface area contributed by atoms with Crippen LogP contribution in [0.2, 0.25) is 0 Å². The van der Waals surface area contributed by atoms with Crippen LogP contribution in [0, 0.1) is 5.92 Å². The zero-order chi connectivity index (χ0) is 18.0. The molecule has 1 N–H and O–H groups in total. The van der Waals surface area contributed by atoms with Crippen molar-refractivity contribution in [3.05, 3.63) is 35.9 Å². The number of aliphatic hydroxyl groups is 1. The Hall–Kier alpha value is -1.88. The summed E-state index contributed by atoms with van der Waals surface area (Å²) in [6.07, 6.45) is 1.92. The largest absolute Gasteiger partial charge is 0.392 e. The van der Waals surface area contributed by atoms with Crippen LogP contribution in [-0.2, 0) is 15.0 Å². The van der Waals surface area contributed by atoms with Crippen LogP contribution in [0.15, 0.2) is 30.3 Å². The van der Waals surface area contributed by atoms with Crippen molar-refractivity contribution in [3.63, 3.8) is 0 Å². The summed E-state index contributed by atoms with van der Waals surface area (Å²) in [4.78, 5) is 29.2. The molecule has 1 aromatic carbocycles. The van der Waals surface area contributed by atoms with Gasteiger partial charge in [0.2, 0.25) is 11.8 Å². The number of carbonyl (C=O) groups excluding carboxylic acids is 2. The zero-order valence-corrected chi connectivity index (χ0v) is 15.1. The lowest BCUT2D eigenvalue weighted by molar-refractivity contribution is -0.146. The third-order valence-corrected chi connectivity index (χ3v) is 5.71. The van der Waals surface area contributed by atoms with E-state index in [9.17, 15) is 14.7 Å². The van der Waals surface area contributed by atoms with E-state index in [2.05, 4.69) is 0 Å². The van der Waals surface area contributed by atoms with E-state index in [1.165, 1.54) is 0 Å². The standard InChI is InChI=1S/C20H28N2O3/c1-20(2,15-7-4-3-5-8-15)19(25)22-13-11-21(12-14-22)18(24)16-9-6-10-17(16)23/h3-5,7-8,16-17,23H,6,9-14H2,1-2H3. The maximum Gasteiger partial charge on any atom is 0.232 e. The molecule has 0 aromatic heterocycles. The van der Waals surface area contributed by atoms with Crippen LogP contribution >= 0.6 is 0 Å². The Morgan fingerprint density at radius 1 is 1.00 bits per heavy atom. The van der Waals surface area contributed by atoms with E-state index in [1.54, 1.807) is 0 Å². The van der Waals surface area contributed by atoms with Gasteiger partial charge in [-0.2, -0.15) is 0 Å². The van der Waals surface area contributed by atoms with Gasteiger partial charge in [0.15, 0.2) is 0 Å². The van der Waals surface area contributed by atoms with Gasteiger partial charge >= 0.3 is 0 Å². The molecule has 0 bridgehead atoms. The smallest absolute Gasteiger partial charge is 0.232 e. The first-order valence-corrected chi connectivity index (χ1v) is 9.23. The SMILES string of the molecule is CC(C)(C(=O)N1CCN(C(=O)C2CCCC2O)CC1)c1ccccc1. The van der Waals surface area contributed by atoms with Gasteiger partial charge in [-0.15, -0.1) is 0 Å². The minimum Gasteiger partial charge on any atom is -0.392 e. The van der Waals surface area contributed by atoms with Gasteiger partial charge in [0.25, 0.3) is 0 Å². The first-order valence-electron chi connectivity index (χ1n) is 9.23. The molecule has 2 aliphatic rings. The van der Waals surface area contributed by atoms with E-state index >= 15 is 0 Å². The van der Waals surface area contributed by atoms with E-state index < -0.39 is 11.5 Å². The summed E-state index contributed by atoms with van der Waals surface area (Å²) >= 11 is 0. The van der Waals surface area contributed by atoms with Crippen LogP contribution in [0.25, 0.3) is 0 Å². The van der Waals surface area contributed by atoms with Crippen LogP contribution in [0.5, 0.6) is 0 Å². The summed E-state index contributed by atoms with van der Waals surface area (Å²) in [5, 5.41) is 9.95. The lowest BCUT2D eigenvalue weighted by Crippen LogP contribution is -2.55. The van der Waals surface area contributed by atoms with Crippen molar-refractivity contribution < 1.29 is 14.7 Å². The lowest BCUT2D eigenvalue weighted by Gasteiger charge is -2.39. The normalized spacial score (nSPS) is 24.4. The highest BCUT2D eigenvalue weighted by Crippen LogP contribution is 2.29. The average molecular weight is 344 g/mol. The first kappa shape index (κ1) is 17.9. The van der Waals surface area contributed by atoms with Crippen LogP contribution in [-0.4, -0.2) is 59.0 Å². The van der Waals surface area contributed by atoms with Crippen molar-refractivity contribution in [2.24, 2.45) is 5.92 Å². The summed E-state index contributed by atoms with van der Waals surface area (Å²) < 4.78 is 0. The second-order valence-corrected chi connectivity index (χ2v) is 7.71. The van der Waals surface area contributed by atoms with E-state index in [1.807, 2.05) is 54.0 Å². The number of benzene rings is 1.